The standard InChI is InChI=1S/C12H21N3/c1-3-10-8-12(4-2)15(14-10)9-11-6-5-7-13-11/h8,11,13H,3-7,9H2,1-2H3/t11-/m0/s1. The van der Waals surface area contributed by atoms with Gasteiger partial charge in [-0.25, -0.2) is 0 Å². The first-order valence-corrected chi connectivity index (χ1v) is 6.12. The van der Waals surface area contributed by atoms with Crippen LogP contribution < -0.4 is 5.32 Å². The van der Waals surface area contributed by atoms with Gasteiger partial charge in [0.25, 0.3) is 0 Å². The lowest BCUT2D eigenvalue weighted by molar-refractivity contribution is 0.462. The fourth-order valence-corrected chi connectivity index (χ4v) is 2.25. The van der Waals surface area contributed by atoms with E-state index in [-0.39, 0.29) is 0 Å². The lowest BCUT2D eigenvalue weighted by Gasteiger charge is -2.12. The minimum Gasteiger partial charge on any atom is -0.312 e. The van der Waals surface area contributed by atoms with E-state index in [9.17, 15) is 0 Å². The van der Waals surface area contributed by atoms with E-state index < -0.39 is 0 Å². The number of aromatic nitrogens is 2. The van der Waals surface area contributed by atoms with Crippen molar-refractivity contribution in [3.8, 4) is 0 Å². The van der Waals surface area contributed by atoms with Crippen molar-refractivity contribution in [2.24, 2.45) is 0 Å². The topological polar surface area (TPSA) is 29.9 Å². The van der Waals surface area contributed by atoms with E-state index >= 15 is 0 Å². The van der Waals surface area contributed by atoms with Gasteiger partial charge in [0, 0.05) is 11.7 Å². The summed E-state index contributed by atoms with van der Waals surface area (Å²) in [5, 5.41) is 8.16. The molecule has 0 aliphatic carbocycles. The molecular formula is C12H21N3. The van der Waals surface area contributed by atoms with E-state index in [4.69, 9.17) is 0 Å². The molecule has 0 bridgehead atoms. The van der Waals surface area contributed by atoms with Crippen LogP contribution in [0.25, 0.3) is 0 Å². The monoisotopic (exact) mass is 207 g/mol. The molecule has 15 heavy (non-hydrogen) atoms. The molecule has 1 aromatic rings. The smallest absolute Gasteiger partial charge is 0.0624 e. The minimum absolute atomic E-state index is 0.639. The largest absolute Gasteiger partial charge is 0.312 e. The van der Waals surface area contributed by atoms with Gasteiger partial charge in [-0.2, -0.15) is 5.10 Å². The van der Waals surface area contributed by atoms with E-state index in [1.165, 1.54) is 30.8 Å². The molecule has 1 N–H and O–H groups in total. The van der Waals surface area contributed by atoms with Crippen LogP contribution in [0.2, 0.25) is 0 Å². The van der Waals surface area contributed by atoms with Gasteiger partial charge in [-0.05, 0) is 38.3 Å². The zero-order valence-corrected chi connectivity index (χ0v) is 9.79. The van der Waals surface area contributed by atoms with E-state index in [1.54, 1.807) is 0 Å². The highest BCUT2D eigenvalue weighted by Crippen LogP contribution is 2.11. The van der Waals surface area contributed by atoms with Gasteiger partial charge >= 0.3 is 0 Å². The van der Waals surface area contributed by atoms with E-state index in [0.717, 1.165) is 19.4 Å². The Labute approximate surface area is 91.9 Å². The average molecular weight is 207 g/mol. The van der Waals surface area contributed by atoms with Crippen LogP contribution in [0.1, 0.15) is 38.1 Å². The lowest BCUT2D eigenvalue weighted by Crippen LogP contribution is -2.28. The summed E-state index contributed by atoms with van der Waals surface area (Å²) in [7, 11) is 0. The van der Waals surface area contributed by atoms with Gasteiger partial charge in [-0.3, -0.25) is 4.68 Å². The van der Waals surface area contributed by atoms with Crippen molar-refractivity contribution in [1.82, 2.24) is 15.1 Å². The molecule has 3 nitrogen and oxygen atoms in total. The molecule has 3 heteroatoms. The van der Waals surface area contributed by atoms with Crippen molar-refractivity contribution >= 4 is 0 Å². The Kier molecular flexibility index (Phi) is 3.41. The molecule has 1 saturated heterocycles. The molecule has 0 amide bonds. The first-order valence-electron chi connectivity index (χ1n) is 6.12. The van der Waals surface area contributed by atoms with Crippen LogP contribution in [-0.4, -0.2) is 22.4 Å². The van der Waals surface area contributed by atoms with Gasteiger partial charge in [0.05, 0.1) is 12.2 Å². The van der Waals surface area contributed by atoms with Gasteiger partial charge in [-0.1, -0.05) is 13.8 Å². The van der Waals surface area contributed by atoms with Crippen LogP contribution in [-0.2, 0) is 19.4 Å². The first-order chi connectivity index (χ1) is 7.33. The second-order valence-electron chi connectivity index (χ2n) is 4.31. The fourth-order valence-electron chi connectivity index (χ4n) is 2.25. The van der Waals surface area contributed by atoms with Crippen molar-refractivity contribution in [3.63, 3.8) is 0 Å². The van der Waals surface area contributed by atoms with Crippen molar-refractivity contribution in [2.45, 2.75) is 52.1 Å². The third-order valence-corrected chi connectivity index (χ3v) is 3.19. The summed E-state index contributed by atoms with van der Waals surface area (Å²) in [5.74, 6) is 0. The maximum Gasteiger partial charge on any atom is 0.0624 e. The molecule has 0 radical (unpaired) electrons. The molecule has 1 fully saturated rings. The fraction of sp³-hybridized carbons (Fsp3) is 0.750. The maximum absolute atomic E-state index is 4.64. The highest BCUT2D eigenvalue weighted by Gasteiger charge is 2.16. The Hall–Kier alpha value is -0.830. The second-order valence-corrected chi connectivity index (χ2v) is 4.31. The molecular weight excluding hydrogens is 186 g/mol. The average Bonchev–Trinajstić information content (AvgIpc) is 2.87. The second kappa shape index (κ2) is 4.79. The number of hydrogen-bond acceptors (Lipinski definition) is 2. The highest BCUT2D eigenvalue weighted by molar-refractivity contribution is 5.10. The summed E-state index contributed by atoms with van der Waals surface area (Å²) in [4.78, 5) is 0. The Morgan fingerprint density at radius 3 is 2.93 bits per heavy atom. The number of hydrogen-bond donors (Lipinski definition) is 1. The maximum atomic E-state index is 4.64. The molecule has 0 spiro atoms. The molecule has 0 saturated carbocycles. The molecule has 2 rings (SSSR count). The predicted octanol–water partition coefficient (Wildman–Crippen LogP) is 1.76. The normalized spacial score (nSPS) is 21.1. The van der Waals surface area contributed by atoms with Gasteiger partial charge in [0.2, 0.25) is 0 Å². The lowest BCUT2D eigenvalue weighted by atomic mass is 10.2. The van der Waals surface area contributed by atoms with Gasteiger partial charge in [0.15, 0.2) is 0 Å². The third kappa shape index (κ3) is 2.40. The van der Waals surface area contributed by atoms with Crippen molar-refractivity contribution < 1.29 is 0 Å². The van der Waals surface area contributed by atoms with Gasteiger partial charge in [-0.15, -0.1) is 0 Å². The SMILES string of the molecule is CCc1cc(CC)n(C[C@@H]2CCCN2)n1. The zero-order valence-electron chi connectivity index (χ0n) is 9.79. The third-order valence-electron chi connectivity index (χ3n) is 3.19. The molecule has 1 aliphatic rings. The van der Waals surface area contributed by atoms with Crippen molar-refractivity contribution in [3.05, 3.63) is 17.5 Å². The van der Waals surface area contributed by atoms with Gasteiger partial charge < -0.3 is 5.32 Å². The summed E-state index contributed by atoms with van der Waals surface area (Å²) in [6.45, 7) is 6.59. The molecule has 0 unspecified atom stereocenters. The van der Waals surface area contributed by atoms with Crippen LogP contribution in [0, 0.1) is 0 Å². The summed E-state index contributed by atoms with van der Waals surface area (Å²) in [5.41, 5.74) is 2.60. The first kappa shape index (κ1) is 10.7. The number of rotatable bonds is 4. The van der Waals surface area contributed by atoms with E-state index in [0.29, 0.717) is 6.04 Å². The van der Waals surface area contributed by atoms with Crippen LogP contribution in [0.3, 0.4) is 0 Å². The Morgan fingerprint density at radius 2 is 2.33 bits per heavy atom. The zero-order chi connectivity index (χ0) is 10.7. The molecule has 2 heterocycles. The quantitative estimate of drug-likeness (QED) is 0.815. The summed E-state index contributed by atoms with van der Waals surface area (Å²) >= 11 is 0. The molecule has 1 aliphatic heterocycles. The highest BCUT2D eigenvalue weighted by atomic mass is 15.3. The summed E-state index contributed by atoms with van der Waals surface area (Å²) < 4.78 is 2.20. The molecule has 1 atom stereocenters. The van der Waals surface area contributed by atoms with Crippen LogP contribution in [0.5, 0.6) is 0 Å². The van der Waals surface area contributed by atoms with Crippen molar-refractivity contribution in [1.29, 1.82) is 0 Å². The van der Waals surface area contributed by atoms with E-state index in [1.807, 2.05) is 0 Å². The van der Waals surface area contributed by atoms with Crippen LogP contribution in [0.4, 0.5) is 0 Å². The molecule has 84 valence electrons. The summed E-state index contributed by atoms with van der Waals surface area (Å²) in [6.07, 6.45) is 4.73. The van der Waals surface area contributed by atoms with Gasteiger partial charge in [0.1, 0.15) is 0 Å². The van der Waals surface area contributed by atoms with Crippen LogP contribution >= 0.6 is 0 Å². The Bertz CT molecular complexity index is 311. The molecule has 1 aromatic heterocycles. The number of nitrogens with zero attached hydrogens (tertiary/aromatic N) is 2. The predicted molar refractivity (Wildman–Crippen MR) is 62.0 cm³/mol. The summed E-state index contributed by atoms with van der Waals surface area (Å²) in [6, 6.07) is 2.88. The Morgan fingerprint density at radius 1 is 1.47 bits per heavy atom. The minimum atomic E-state index is 0.639. The van der Waals surface area contributed by atoms with Crippen molar-refractivity contribution in [2.75, 3.05) is 6.54 Å². The molecule has 0 aromatic carbocycles. The number of aryl methyl sites for hydroxylation is 2. The Balaban J connectivity index is 2.07. The van der Waals surface area contributed by atoms with Crippen LogP contribution in [0.15, 0.2) is 6.07 Å². The van der Waals surface area contributed by atoms with E-state index in [2.05, 4.69) is 35.0 Å². The number of nitrogens with one attached hydrogen (secondary N) is 1.